The summed E-state index contributed by atoms with van der Waals surface area (Å²) in [5, 5.41) is 0. The van der Waals surface area contributed by atoms with Crippen LogP contribution in [0, 0.1) is 5.82 Å². The van der Waals surface area contributed by atoms with E-state index in [1.54, 1.807) is 34.6 Å². The molecule has 150 valence electrons. The molecule has 0 saturated carbocycles. The number of hydrogen-bond donors (Lipinski definition) is 0. The van der Waals surface area contributed by atoms with Crippen LogP contribution in [0.25, 0.3) is 0 Å². The van der Waals surface area contributed by atoms with Gasteiger partial charge in [-0.05, 0) is 46.2 Å². The van der Waals surface area contributed by atoms with Crippen molar-refractivity contribution in [2.75, 3.05) is 6.61 Å². The Morgan fingerprint density at radius 1 is 1.19 bits per heavy atom. The number of rotatable bonds is 5. The maximum atomic E-state index is 14.1. The number of halogens is 4. The molecular formula is C18H23BF4O4. The van der Waals surface area contributed by atoms with Gasteiger partial charge in [0.25, 0.3) is 0 Å². The fraction of sp³-hybridized carbons (Fsp3) is 0.611. The third-order valence-electron chi connectivity index (χ3n) is 5.02. The SMILES string of the molecule is CCOC(=O)CC(B1OC(C)(C)C(C)(C)O1)c1cccc(F)c1C(F)(F)F. The first-order valence-electron chi connectivity index (χ1n) is 8.67. The van der Waals surface area contributed by atoms with E-state index in [1.807, 2.05) is 0 Å². The van der Waals surface area contributed by atoms with Crippen LogP contribution in [-0.2, 0) is 25.0 Å². The van der Waals surface area contributed by atoms with E-state index in [-0.39, 0.29) is 6.61 Å². The largest absolute Gasteiger partial charge is 0.466 e. The number of hydrogen-bond acceptors (Lipinski definition) is 4. The first-order valence-corrected chi connectivity index (χ1v) is 8.67. The zero-order chi connectivity index (χ0) is 20.6. The molecule has 1 unspecified atom stereocenters. The van der Waals surface area contributed by atoms with Crippen LogP contribution in [0.15, 0.2) is 18.2 Å². The van der Waals surface area contributed by atoms with E-state index < -0.39 is 59.6 Å². The fourth-order valence-corrected chi connectivity index (χ4v) is 2.95. The first-order chi connectivity index (χ1) is 12.3. The van der Waals surface area contributed by atoms with Crippen LogP contribution in [0.3, 0.4) is 0 Å². The van der Waals surface area contributed by atoms with Crippen molar-refractivity contribution in [3.05, 3.63) is 35.1 Å². The third kappa shape index (κ3) is 4.46. The van der Waals surface area contributed by atoms with Crippen molar-refractivity contribution in [2.45, 2.75) is 64.2 Å². The molecule has 1 saturated heterocycles. The van der Waals surface area contributed by atoms with Crippen molar-refractivity contribution in [3.63, 3.8) is 0 Å². The van der Waals surface area contributed by atoms with Gasteiger partial charge in [-0.15, -0.1) is 0 Å². The topological polar surface area (TPSA) is 44.8 Å². The number of carbonyl (C=O) groups excluding carboxylic acids is 1. The van der Waals surface area contributed by atoms with E-state index in [1.165, 1.54) is 6.07 Å². The number of esters is 1. The van der Waals surface area contributed by atoms with Crippen LogP contribution in [0.4, 0.5) is 17.6 Å². The summed E-state index contributed by atoms with van der Waals surface area (Å²) < 4.78 is 71.2. The third-order valence-corrected chi connectivity index (χ3v) is 5.02. The Morgan fingerprint density at radius 3 is 2.22 bits per heavy atom. The lowest BCUT2D eigenvalue weighted by atomic mass is 9.65. The second-order valence-corrected chi connectivity index (χ2v) is 7.44. The molecule has 1 atom stereocenters. The Hall–Kier alpha value is -1.61. The lowest BCUT2D eigenvalue weighted by molar-refractivity contribution is -0.145. The average molecular weight is 390 g/mol. The van der Waals surface area contributed by atoms with Gasteiger partial charge in [0.05, 0.1) is 29.8 Å². The Labute approximate surface area is 156 Å². The summed E-state index contributed by atoms with van der Waals surface area (Å²) in [6.45, 7) is 8.62. The second kappa shape index (κ2) is 7.43. The highest BCUT2D eigenvalue weighted by atomic mass is 19.4. The molecule has 1 aliphatic rings. The minimum absolute atomic E-state index is 0.0736. The quantitative estimate of drug-likeness (QED) is 0.422. The Bertz CT molecular complexity index is 687. The maximum absolute atomic E-state index is 14.1. The number of ether oxygens (including phenoxy) is 1. The average Bonchev–Trinajstić information content (AvgIpc) is 2.71. The van der Waals surface area contributed by atoms with Crippen molar-refractivity contribution >= 4 is 13.1 Å². The molecule has 1 fully saturated rings. The van der Waals surface area contributed by atoms with Gasteiger partial charge >= 0.3 is 19.3 Å². The summed E-state index contributed by atoms with van der Waals surface area (Å²) in [6, 6.07) is 3.04. The molecule has 4 nitrogen and oxygen atoms in total. The summed E-state index contributed by atoms with van der Waals surface area (Å²) >= 11 is 0. The van der Waals surface area contributed by atoms with Gasteiger partial charge in [0.2, 0.25) is 0 Å². The van der Waals surface area contributed by atoms with Gasteiger partial charge in [0, 0.05) is 5.82 Å². The molecule has 1 aromatic carbocycles. The summed E-state index contributed by atoms with van der Waals surface area (Å²) in [6.07, 6.45) is -5.37. The van der Waals surface area contributed by atoms with E-state index >= 15 is 0 Å². The molecule has 27 heavy (non-hydrogen) atoms. The molecule has 0 aromatic heterocycles. The fourth-order valence-electron chi connectivity index (χ4n) is 2.95. The minimum atomic E-state index is -4.93. The van der Waals surface area contributed by atoms with Gasteiger partial charge in [-0.2, -0.15) is 13.2 Å². The molecule has 1 aromatic rings. The van der Waals surface area contributed by atoms with Gasteiger partial charge in [-0.3, -0.25) is 4.79 Å². The van der Waals surface area contributed by atoms with Crippen LogP contribution in [0.1, 0.15) is 58.0 Å². The highest BCUT2D eigenvalue weighted by Gasteiger charge is 2.55. The minimum Gasteiger partial charge on any atom is -0.466 e. The predicted octanol–water partition coefficient (Wildman–Crippen LogP) is 4.51. The Kier molecular flexibility index (Phi) is 5.97. The van der Waals surface area contributed by atoms with Crippen LogP contribution in [0.5, 0.6) is 0 Å². The maximum Gasteiger partial charge on any atom is 0.466 e. The molecule has 0 bridgehead atoms. The van der Waals surface area contributed by atoms with E-state index in [9.17, 15) is 22.4 Å². The molecule has 0 spiro atoms. The highest BCUT2D eigenvalue weighted by molar-refractivity contribution is 6.48. The van der Waals surface area contributed by atoms with Crippen LogP contribution in [-0.4, -0.2) is 30.9 Å². The van der Waals surface area contributed by atoms with Gasteiger partial charge in [-0.1, -0.05) is 12.1 Å². The predicted molar refractivity (Wildman–Crippen MR) is 91.5 cm³/mol. The number of carbonyl (C=O) groups is 1. The first kappa shape index (κ1) is 21.7. The molecule has 0 aliphatic carbocycles. The molecule has 9 heteroatoms. The van der Waals surface area contributed by atoms with Gasteiger partial charge in [0.1, 0.15) is 5.82 Å². The van der Waals surface area contributed by atoms with E-state index in [2.05, 4.69) is 0 Å². The summed E-state index contributed by atoms with van der Waals surface area (Å²) in [5.41, 5.74) is -3.46. The van der Waals surface area contributed by atoms with Crippen molar-refractivity contribution in [2.24, 2.45) is 0 Å². The molecule has 0 radical (unpaired) electrons. The Balaban J connectivity index is 2.53. The standard InChI is InChI=1S/C18H23BF4O4/c1-6-25-14(24)10-12(19-26-16(2,3)17(4,5)27-19)11-8-7-9-13(20)15(11)18(21,22)23/h7-9,12H,6,10H2,1-5H3. The van der Waals surface area contributed by atoms with Crippen molar-refractivity contribution in [1.82, 2.24) is 0 Å². The molecule has 1 aliphatic heterocycles. The summed E-state index contributed by atoms with van der Waals surface area (Å²) in [7, 11) is -1.16. The van der Waals surface area contributed by atoms with Gasteiger partial charge in [-0.25, -0.2) is 4.39 Å². The summed E-state index contributed by atoms with van der Waals surface area (Å²) in [4.78, 5) is 12.0. The summed E-state index contributed by atoms with van der Waals surface area (Å²) in [5.74, 6) is -3.31. The second-order valence-electron chi connectivity index (χ2n) is 7.44. The molecule has 1 heterocycles. The normalized spacial score (nSPS) is 19.8. The lowest BCUT2D eigenvalue weighted by Crippen LogP contribution is -2.41. The van der Waals surface area contributed by atoms with Crippen molar-refractivity contribution in [1.29, 1.82) is 0 Å². The molecule has 0 amide bonds. The number of alkyl halides is 3. The Morgan fingerprint density at radius 2 is 1.74 bits per heavy atom. The van der Waals surface area contributed by atoms with Gasteiger partial charge < -0.3 is 14.0 Å². The van der Waals surface area contributed by atoms with E-state index in [0.717, 1.165) is 12.1 Å². The molecular weight excluding hydrogens is 367 g/mol. The number of benzene rings is 1. The van der Waals surface area contributed by atoms with E-state index in [4.69, 9.17) is 14.0 Å². The van der Waals surface area contributed by atoms with Crippen LogP contribution >= 0.6 is 0 Å². The van der Waals surface area contributed by atoms with E-state index in [0.29, 0.717) is 0 Å². The molecule has 0 N–H and O–H groups in total. The van der Waals surface area contributed by atoms with Crippen molar-refractivity contribution < 1.29 is 36.4 Å². The zero-order valence-corrected chi connectivity index (χ0v) is 15.9. The van der Waals surface area contributed by atoms with Gasteiger partial charge in [0.15, 0.2) is 0 Å². The smallest absolute Gasteiger partial charge is 0.466 e. The van der Waals surface area contributed by atoms with Crippen LogP contribution in [0.2, 0.25) is 0 Å². The molecule has 2 rings (SSSR count). The van der Waals surface area contributed by atoms with Crippen molar-refractivity contribution in [3.8, 4) is 0 Å². The highest BCUT2D eigenvalue weighted by Crippen LogP contribution is 2.45. The zero-order valence-electron chi connectivity index (χ0n) is 15.9. The monoisotopic (exact) mass is 390 g/mol. The lowest BCUT2D eigenvalue weighted by Gasteiger charge is -2.32. The van der Waals surface area contributed by atoms with Crippen LogP contribution < -0.4 is 0 Å².